The minimum Gasteiger partial charge on any atom is -0.398 e. The number of hydrogen-bond acceptors (Lipinski definition) is 4. The number of nitrogens with one attached hydrogen (secondary N) is 1. The van der Waals surface area contributed by atoms with Crippen molar-refractivity contribution in [3.05, 3.63) is 29.8 Å². The number of aliphatic hydroxyl groups excluding tert-OH is 1. The van der Waals surface area contributed by atoms with E-state index < -0.39 is 6.10 Å². The van der Waals surface area contributed by atoms with Crippen molar-refractivity contribution >= 4 is 11.6 Å². The summed E-state index contributed by atoms with van der Waals surface area (Å²) in [6, 6.07) is 7.28. The first-order chi connectivity index (χ1) is 8.66. The molecule has 2 rings (SSSR count). The number of amides is 1. The molecule has 1 heterocycles. The summed E-state index contributed by atoms with van der Waals surface area (Å²) in [7, 11) is 0. The van der Waals surface area contributed by atoms with E-state index in [1.807, 2.05) is 23.1 Å². The first-order valence-electron chi connectivity index (χ1n) is 6.18. The summed E-state index contributed by atoms with van der Waals surface area (Å²) in [5.74, 6) is 0.0146. The number of aliphatic hydroxyl groups is 1. The normalized spacial score (nSPS) is 19.1. The first-order valence-corrected chi connectivity index (χ1v) is 6.18. The molecule has 0 aliphatic carbocycles. The molecule has 4 N–H and O–H groups in total. The van der Waals surface area contributed by atoms with Gasteiger partial charge in [0.2, 0.25) is 5.91 Å². The number of carbonyl (C=O) groups excluding carboxylic acids is 1. The van der Waals surface area contributed by atoms with Crippen LogP contribution in [0.2, 0.25) is 0 Å². The van der Waals surface area contributed by atoms with Crippen molar-refractivity contribution in [2.24, 2.45) is 0 Å². The summed E-state index contributed by atoms with van der Waals surface area (Å²) >= 11 is 0. The predicted molar refractivity (Wildman–Crippen MR) is 69.9 cm³/mol. The minimum atomic E-state index is -0.655. The molecule has 1 unspecified atom stereocenters. The summed E-state index contributed by atoms with van der Waals surface area (Å²) in [5, 5.41) is 13.0. The van der Waals surface area contributed by atoms with Crippen LogP contribution in [0.1, 0.15) is 18.1 Å². The Balaban J connectivity index is 2.00. The Morgan fingerprint density at radius 2 is 2.22 bits per heavy atom. The lowest BCUT2D eigenvalue weighted by atomic mass is 10.1. The van der Waals surface area contributed by atoms with Crippen molar-refractivity contribution in [1.82, 2.24) is 10.2 Å². The second-order valence-corrected chi connectivity index (χ2v) is 4.58. The zero-order valence-corrected chi connectivity index (χ0v) is 10.3. The molecule has 0 radical (unpaired) electrons. The van der Waals surface area contributed by atoms with E-state index in [9.17, 15) is 9.90 Å². The quantitative estimate of drug-likeness (QED) is 0.665. The van der Waals surface area contributed by atoms with Gasteiger partial charge in [-0.05, 0) is 12.5 Å². The van der Waals surface area contributed by atoms with Gasteiger partial charge in [0, 0.05) is 30.9 Å². The maximum absolute atomic E-state index is 11.4. The molecule has 0 bridgehead atoms. The molecule has 5 heteroatoms. The highest BCUT2D eigenvalue weighted by Crippen LogP contribution is 2.20. The van der Waals surface area contributed by atoms with Crippen molar-refractivity contribution in [2.75, 3.05) is 31.9 Å². The van der Waals surface area contributed by atoms with E-state index >= 15 is 0 Å². The fourth-order valence-corrected chi connectivity index (χ4v) is 2.18. The molecule has 1 aromatic rings. The van der Waals surface area contributed by atoms with Crippen molar-refractivity contribution in [2.45, 2.75) is 12.5 Å². The first kappa shape index (κ1) is 12.9. The fourth-order valence-electron chi connectivity index (χ4n) is 2.18. The Morgan fingerprint density at radius 3 is 3.00 bits per heavy atom. The Bertz CT molecular complexity index is 422. The van der Waals surface area contributed by atoms with Crippen molar-refractivity contribution in [1.29, 1.82) is 0 Å². The Hall–Kier alpha value is -1.59. The number of nitrogens with zero attached hydrogens (tertiary/aromatic N) is 1. The maximum atomic E-state index is 11.4. The van der Waals surface area contributed by atoms with E-state index in [4.69, 9.17) is 5.73 Å². The number of nitrogens with two attached hydrogens (primary N) is 1. The summed E-state index contributed by atoms with van der Waals surface area (Å²) in [6.45, 7) is 2.28. The van der Waals surface area contributed by atoms with Gasteiger partial charge >= 0.3 is 0 Å². The highest BCUT2D eigenvalue weighted by Gasteiger charge is 2.19. The largest absolute Gasteiger partial charge is 0.398 e. The van der Waals surface area contributed by atoms with E-state index in [0.29, 0.717) is 25.3 Å². The molecular formula is C13H19N3O2. The van der Waals surface area contributed by atoms with E-state index in [2.05, 4.69) is 5.32 Å². The Morgan fingerprint density at radius 1 is 1.44 bits per heavy atom. The van der Waals surface area contributed by atoms with Crippen LogP contribution in [0.25, 0.3) is 0 Å². The van der Waals surface area contributed by atoms with Crippen LogP contribution in [-0.4, -0.2) is 42.1 Å². The zero-order chi connectivity index (χ0) is 13.0. The summed E-state index contributed by atoms with van der Waals surface area (Å²) in [5.41, 5.74) is 7.14. The lowest BCUT2D eigenvalue weighted by molar-refractivity contribution is -0.121. The molecule has 1 saturated heterocycles. The van der Waals surface area contributed by atoms with Gasteiger partial charge in [-0.2, -0.15) is 0 Å². The smallest absolute Gasteiger partial charge is 0.234 e. The van der Waals surface area contributed by atoms with Gasteiger partial charge in [-0.3, -0.25) is 9.69 Å². The number of nitrogen functional groups attached to an aromatic ring is 1. The molecule has 1 amide bonds. The lowest BCUT2D eigenvalue weighted by Gasteiger charge is -2.23. The average molecular weight is 249 g/mol. The van der Waals surface area contributed by atoms with Gasteiger partial charge in [0.25, 0.3) is 0 Å². The molecule has 5 nitrogen and oxygen atoms in total. The summed E-state index contributed by atoms with van der Waals surface area (Å²) in [6.07, 6.45) is 0.250. The number of benzene rings is 1. The van der Waals surface area contributed by atoms with E-state index in [-0.39, 0.29) is 5.91 Å². The number of rotatable bonds is 3. The third-order valence-electron chi connectivity index (χ3n) is 3.13. The molecule has 1 aliphatic rings. The van der Waals surface area contributed by atoms with Gasteiger partial charge in [0.15, 0.2) is 0 Å². The van der Waals surface area contributed by atoms with Gasteiger partial charge < -0.3 is 16.2 Å². The number of carbonyl (C=O) groups is 1. The van der Waals surface area contributed by atoms with E-state index in [0.717, 1.165) is 18.5 Å². The van der Waals surface area contributed by atoms with Gasteiger partial charge in [-0.25, -0.2) is 0 Å². The fraction of sp³-hybridized carbons (Fsp3) is 0.462. The van der Waals surface area contributed by atoms with Gasteiger partial charge in [0.1, 0.15) is 0 Å². The average Bonchev–Trinajstić information content (AvgIpc) is 2.54. The third-order valence-corrected chi connectivity index (χ3v) is 3.13. The molecular weight excluding hydrogens is 230 g/mol. The topological polar surface area (TPSA) is 78.6 Å². The highest BCUT2D eigenvalue weighted by molar-refractivity contribution is 5.78. The molecule has 1 aliphatic heterocycles. The number of β-amino-alcohol motifs (C(OH)–C–C–N with tert-alkyl or cyclic N) is 1. The minimum absolute atomic E-state index is 0.0146. The van der Waals surface area contributed by atoms with E-state index in [1.54, 1.807) is 6.07 Å². The number of para-hydroxylation sites is 1. The van der Waals surface area contributed by atoms with Gasteiger partial charge in [0.05, 0.1) is 12.6 Å². The molecule has 0 spiro atoms. The lowest BCUT2D eigenvalue weighted by Crippen LogP contribution is -2.35. The summed E-state index contributed by atoms with van der Waals surface area (Å²) < 4.78 is 0. The molecule has 1 fully saturated rings. The molecule has 0 aromatic heterocycles. The monoisotopic (exact) mass is 249 g/mol. The standard InChI is InChI=1S/C13H19N3O2/c14-11-5-2-1-4-10(11)12(17)8-16-7-3-6-15-13(18)9-16/h1-2,4-5,12,17H,3,6-9,14H2,(H,15,18). The molecule has 98 valence electrons. The second-order valence-electron chi connectivity index (χ2n) is 4.58. The van der Waals surface area contributed by atoms with Crippen LogP contribution >= 0.6 is 0 Å². The molecule has 1 atom stereocenters. The Labute approximate surface area is 107 Å². The maximum Gasteiger partial charge on any atom is 0.234 e. The Kier molecular flexibility index (Phi) is 4.17. The van der Waals surface area contributed by atoms with Crippen LogP contribution in [0, 0.1) is 0 Å². The van der Waals surface area contributed by atoms with Crippen LogP contribution in [0.4, 0.5) is 5.69 Å². The van der Waals surface area contributed by atoms with Crippen molar-refractivity contribution in [3.8, 4) is 0 Å². The van der Waals surface area contributed by atoms with Gasteiger partial charge in [-0.1, -0.05) is 18.2 Å². The van der Waals surface area contributed by atoms with Crippen LogP contribution in [0.5, 0.6) is 0 Å². The SMILES string of the molecule is Nc1ccccc1C(O)CN1CCCNC(=O)C1. The molecule has 1 aromatic carbocycles. The van der Waals surface area contributed by atoms with Crippen LogP contribution in [-0.2, 0) is 4.79 Å². The van der Waals surface area contributed by atoms with Crippen LogP contribution in [0.15, 0.2) is 24.3 Å². The van der Waals surface area contributed by atoms with Crippen LogP contribution in [0.3, 0.4) is 0 Å². The van der Waals surface area contributed by atoms with Gasteiger partial charge in [-0.15, -0.1) is 0 Å². The number of hydrogen-bond donors (Lipinski definition) is 3. The third kappa shape index (κ3) is 3.21. The van der Waals surface area contributed by atoms with Crippen LogP contribution < -0.4 is 11.1 Å². The molecule has 0 saturated carbocycles. The zero-order valence-electron chi connectivity index (χ0n) is 10.3. The second kappa shape index (κ2) is 5.84. The summed E-state index contributed by atoms with van der Waals surface area (Å²) in [4.78, 5) is 13.4. The van der Waals surface area contributed by atoms with Crippen molar-refractivity contribution in [3.63, 3.8) is 0 Å². The molecule has 18 heavy (non-hydrogen) atoms. The highest BCUT2D eigenvalue weighted by atomic mass is 16.3. The predicted octanol–water partition coefficient (Wildman–Crippen LogP) is 0.124. The van der Waals surface area contributed by atoms with Crippen molar-refractivity contribution < 1.29 is 9.90 Å². The van der Waals surface area contributed by atoms with E-state index in [1.165, 1.54) is 0 Å². The number of anilines is 1.